The lowest BCUT2D eigenvalue weighted by molar-refractivity contribution is 0.0690. The number of aryl methyl sites for hydroxylation is 1. The highest BCUT2D eigenvalue weighted by molar-refractivity contribution is 5.85. The van der Waals surface area contributed by atoms with Crippen molar-refractivity contribution < 1.29 is 18.7 Å². The van der Waals surface area contributed by atoms with Crippen molar-refractivity contribution in [3.05, 3.63) is 59.8 Å². The second-order valence-corrected chi connectivity index (χ2v) is 7.20. The summed E-state index contributed by atoms with van der Waals surface area (Å²) in [5.41, 5.74) is 1.22. The number of halogens is 2. The van der Waals surface area contributed by atoms with Gasteiger partial charge < -0.3 is 15.0 Å². The quantitative estimate of drug-likeness (QED) is 0.486. The summed E-state index contributed by atoms with van der Waals surface area (Å²) in [6, 6.07) is 5.68. The molecule has 0 spiro atoms. The maximum atomic E-state index is 14.8. The van der Waals surface area contributed by atoms with Crippen molar-refractivity contribution in [2.24, 2.45) is 0 Å². The van der Waals surface area contributed by atoms with E-state index in [4.69, 9.17) is 5.11 Å². The van der Waals surface area contributed by atoms with E-state index in [1.54, 1.807) is 13.0 Å². The fourth-order valence-corrected chi connectivity index (χ4v) is 3.41. The van der Waals surface area contributed by atoms with Crippen LogP contribution >= 0.6 is 0 Å². The summed E-state index contributed by atoms with van der Waals surface area (Å²) in [5, 5.41) is 11.8. The standard InChI is InChI=1S/C21H18F2N6O2/c1-10(2)29-11(3)26-19-14(22)6-12(7-17(19)29)18-15(23)9-25-21(28-18)27-13-4-5-16(20(30)31)24-8-13/h4-10H,1-3H3,(H,30,31)(H,25,27,28). The van der Waals surface area contributed by atoms with Gasteiger partial charge in [-0.15, -0.1) is 0 Å². The Morgan fingerprint density at radius 1 is 1.10 bits per heavy atom. The summed E-state index contributed by atoms with van der Waals surface area (Å²) in [6.07, 6.45) is 2.28. The molecule has 0 atom stereocenters. The molecule has 0 saturated heterocycles. The third-order valence-electron chi connectivity index (χ3n) is 4.70. The number of hydrogen-bond acceptors (Lipinski definition) is 6. The number of carboxylic acid groups (broad SMARTS) is 1. The van der Waals surface area contributed by atoms with Crippen molar-refractivity contribution >= 4 is 28.6 Å². The Morgan fingerprint density at radius 3 is 2.52 bits per heavy atom. The van der Waals surface area contributed by atoms with Gasteiger partial charge in [-0.25, -0.2) is 33.5 Å². The monoisotopic (exact) mass is 424 g/mol. The third kappa shape index (κ3) is 3.79. The molecule has 0 bridgehead atoms. The van der Waals surface area contributed by atoms with Crippen molar-refractivity contribution in [1.82, 2.24) is 24.5 Å². The smallest absolute Gasteiger partial charge is 0.354 e. The van der Waals surface area contributed by atoms with Gasteiger partial charge in [0.2, 0.25) is 5.95 Å². The largest absolute Gasteiger partial charge is 0.477 e. The molecule has 8 nitrogen and oxygen atoms in total. The highest BCUT2D eigenvalue weighted by Gasteiger charge is 2.18. The number of imidazole rings is 1. The van der Waals surface area contributed by atoms with Gasteiger partial charge in [0.1, 0.15) is 22.7 Å². The first kappa shape index (κ1) is 20.3. The van der Waals surface area contributed by atoms with Crippen LogP contribution in [0.25, 0.3) is 22.3 Å². The van der Waals surface area contributed by atoms with Crippen LogP contribution in [0.5, 0.6) is 0 Å². The molecule has 10 heteroatoms. The first-order valence-electron chi connectivity index (χ1n) is 9.42. The first-order chi connectivity index (χ1) is 14.7. The van der Waals surface area contributed by atoms with E-state index in [1.165, 1.54) is 24.4 Å². The summed E-state index contributed by atoms with van der Waals surface area (Å²) >= 11 is 0. The van der Waals surface area contributed by atoms with E-state index in [0.29, 0.717) is 17.0 Å². The molecule has 31 heavy (non-hydrogen) atoms. The van der Waals surface area contributed by atoms with E-state index in [-0.39, 0.29) is 34.5 Å². The van der Waals surface area contributed by atoms with Gasteiger partial charge in [0.25, 0.3) is 0 Å². The molecule has 1 aromatic carbocycles. The van der Waals surface area contributed by atoms with Crippen molar-refractivity contribution in [1.29, 1.82) is 0 Å². The van der Waals surface area contributed by atoms with Crippen LogP contribution in [0.4, 0.5) is 20.4 Å². The van der Waals surface area contributed by atoms with Crippen molar-refractivity contribution in [3.63, 3.8) is 0 Å². The summed E-state index contributed by atoms with van der Waals surface area (Å²) in [6.45, 7) is 5.70. The van der Waals surface area contributed by atoms with Gasteiger partial charge in [-0.05, 0) is 45.0 Å². The molecule has 0 aliphatic heterocycles. The number of aromatic carboxylic acids is 1. The summed E-state index contributed by atoms with van der Waals surface area (Å²) in [5.74, 6) is -1.73. The zero-order valence-electron chi connectivity index (χ0n) is 16.9. The topological polar surface area (TPSA) is 106 Å². The molecular weight excluding hydrogens is 406 g/mol. The molecule has 4 aromatic rings. The van der Waals surface area contributed by atoms with Gasteiger partial charge in [0.05, 0.1) is 23.6 Å². The minimum atomic E-state index is -1.15. The predicted molar refractivity (Wildman–Crippen MR) is 110 cm³/mol. The Morgan fingerprint density at radius 2 is 1.87 bits per heavy atom. The van der Waals surface area contributed by atoms with E-state index in [9.17, 15) is 13.6 Å². The normalized spacial score (nSPS) is 11.3. The molecule has 4 rings (SSSR count). The average molecular weight is 424 g/mol. The number of carboxylic acids is 1. The molecule has 3 aromatic heterocycles. The Labute approximate surface area is 175 Å². The molecule has 158 valence electrons. The van der Waals surface area contributed by atoms with Crippen LogP contribution in [0, 0.1) is 18.6 Å². The van der Waals surface area contributed by atoms with Crippen LogP contribution in [0.15, 0.2) is 36.7 Å². The molecule has 0 fully saturated rings. The number of pyridine rings is 1. The lowest BCUT2D eigenvalue weighted by Crippen LogP contribution is -2.04. The number of benzene rings is 1. The molecule has 0 aliphatic carbocycles. The number of anilines is 2. The van der Waals surface area contributed by atoms with Gasteiger partial charge >= 0.3 is 5.97 Å². The Balaban J connectivity index is 1.75. The fraction of sp³-hybridized carbons (Fsp3) is 0.190. The second kappa shape index (κ2) is 7.71. The fourth-order valence-electron chi connectivity index (χ4n) is 3.41. The number of nitrogens with zero attached hydrogens (tertiary/aromatic N) is 5. The molecule has 0 saturated carbocycles. The minimum absolute atomic E-state index is 0.0356. The first-order valence-corrected chi connectivity index (χ1v) is 9.42. The average Bonchev–Trinajstić information content (AvgIpc) is 3.06. The van der Waals surface area contributed by atoms with Gasteiger partial charge in [0, 0.05) is 11.6 Å². The molecule has 2 N–H and O–H groups in total. The van der Waals surface area contributed by atoms with Gasteiger partial charge in [-0.3, -0.25) is 0 Å². The summed E-state index contributed by atoms with van der Waals surface area (Å²) in [4.78, 5) is 27.1. The van der Waals surface area contributed by atoms with Gasteiger partial charge in [0.15, 0.2) is 11.6 Å². The zero-order valence-corrected chi connectivity index (χ0v) is 16.9. The van der Waals surface area contributed by atoms with E-state index in [1.807, 2.05) is 18.4 Å². The van der Waals surface area contributed by atoms with E-state index >= 15 is 0 Å². The molecular formula is C21H18F2N6O2. The van der Waals surface area contributed by atoms with Crippen LogP contribution in [-0.4, -0.2) is 35.6 Å². The maximum absolute atomic E-state index is 14.8. The predicted octanol–water partition coefficient (Wildman–Crippen LogP) is 4.50. The Kier molecular flexibility index (Phi) is 5.05. The summed E-state index contributed by atoms with van der Waals surface area (Å²) < 4.78 is 31.2. The van der Waals surface area contributed by atoms with E-state index in [0.717, 1.165) is 6.20 Å². The number of hydrogen-bond donors (Lipinski definition) is 2. The van der Waals surface area contributed by atoms with Gasteiger partial charge in [-0.1, -0.05) is 0 Å². The lowest BCUT2D eigenvalue weighted by Gasteiger charge is -2.12. The molecule has 0 aliphatic rings. The maximum Gasteiger partial charge on any atom is 0.354 e. The minimum Gasteiger partial charge on any atom is -0.477 e. The number of rotatable bonds is 5. The number of aromatic nitrogens is 5. The van der Waals surface area contributed by atoms with Crippen LogP contribution in [0.2, 0.25) is 0 Å². The highest BCUT2D eigenvalue weighted by Crippen LogP contribution is 2.30. The van der Waals surface area contributed by atoms with Crippen LogP contribution in [-0.2, 0) is 0 Å². The lowest BCUT2D eigenvalue weighted by atomic mass is 10.1. The molecule has 0 amide bonds. The van der Waals surface area contributed by atoms with E-state index < -0.39 is 17.6 Å². The highest BCUT2D eigenvalue weighted by atomic mass is 19.1. The number of fused-ring (bicyclic) bond motifs is 1. The van der Waals surface area contributed by atoms with E-state index in [2.05, 4.69) is 25.3 Å². The molecule has 0 unspecified atom stereocenters. The SMILES string of the molecule is Cc1nc2c(F)cc(-c3nc(Nc4ccc(C(=O)O)nc4)ncc3F)cc2n1C(C)C. The van der Waals surface area contributed by atoms with Crippen molar-refractivity contribution in [2.75, 3.05) is 5.32 Å². The van der Waals surface area contributed by atoms with Crippen LogP contribution in [0.1, 0.15) is 36.2 Å². The Hall–Kier alpha value is -3.95. The number of carbonyl (C=O) groups is 1. The zero-order chi connectivity index (χ0) is 22.3. The summed E-state index contributed by atoms with van der Waals surface area (Å²) in [7, 11) is 0. The third-order valence-corrected chi connectivity index (χ3v) is 4.70. The van der Waals surface area contributed by atoms with Crippen LogP contribution < -0.4 is 5.32 Å². The molecule has 0 radical (unpaired) electrons. The Bertz CT molecular complexity index is 1300. The molecule has 3 heterocycles. The second-order valence-electron chi connectivity index (χ2n) is 7.20. The number of nitrogens with one attached hydrogen (secondary N) is 1. The van der Waals surface area contributed by atoms with Crippen LogP contribution in [0.3, 0.4) is 0 Å². The van der Waals surface area contributed by atoms with Gasteiger partial charge in [-0.2, -0.15) is 0 Å². The van der Waals surface area contributed by atoms with Crippen molar-refractivity contribution in [2.45, 2.75) is 26.8 Å². The van der Waals surface area contributed by atoms with Crippen molar-refractivity contribution in [3.8, 4) is 11.3 Å².